The molecule has 0 aromatic heterocycles. The Morgan fingerprint density at radius 2 is 1.85 bits per heavy atom. The smallest absolute Gasteiger partial charge is 0.290 e. The minimum absolute atomic E-state index is 0.122. The van der Waals surface area contributed by atoms with Crippen molar-refractivity contribution in [3.8, 4) is 0 Å². The van der Waals surface area contributed by atoms with Gasteiger partial charge in [-0.2, -0.15) is 0 Å². The van der Waals surface area contributed by atoms with Crippen LogP contribution in [0.1, 0.15) is 40.0 Å². The summed E-state index contributed by atoms with van der Waals surface area (Å²) < 4.78 is 0. The number of nitrogens with zero attached hydrogens (tertiary/aromatic N) is 1. The lowest BCUT2D eigenvalue weighted by molar-refractivity contribution is -0.143. The lowest BCUT2D eigenvalue weighted by atomic mass is 9.93. The fraction of sp³-hybridized carbons (Fsp3) is 0.800. The van der Waals surface area contributed by atoms with Crippen LogP contribution in [0.3, 0.4) is 0 Å². The van der Waals surface area contributed by atoms with E-state index in [1.54, 1.807) is 4.90 Å². The van der Waals surface area contributed by atoms with E-state index in [1.165, 1.54) is 0 Å². The van der Waals surface area contributed by atoms with Gasteiger partial charge in [0.2, 0.25) is 5.78 Å². The Morgan fingerprint density at radius 3 is 2.15 bits per heavy atom. The van der Waals surface area contributed by atoms with E-state index in [1.807, 2.05) is 6.92 Å². The molecule has 1 heterocycles. The normalized spacial score (nSPS) is 18.5. The van der Waals surface area contributed by atoms with Gasteiger partial charge in [-0.1, -0.05) is 13.8 Å². The third kappa shape index (κ3) is 1.60. The molecule has 1 saturated heterocycles. The molecule has 0 radical (unpaired) electrons. The van der Waals surface area contributed by atoms with Gasteiger partial charge in [-0.25, -0.2) is 0 Å². The van der Waals surface area contributed by atoms with Gasteiger partial charge in [0.25, 0.3) is 5.91 Å². The Balaban J connectivity index is 2.82. The minimum Gasteiger partial charge on any atom is -0.330 e. The van der Waals surface area contributed by atoms with Crippen LogP contribution in [0.5, 0.6) is 0 Å². The Hall–Kier alpha value is -0.860. The van der Waals surface area contributed by atoms with Crippen molar-refractivity contribution < 1.29 is 9.59 Å². The van der Waals surface area contributed by atoms with Crippen LogP contribution in [0.2, 0.25) is 0 Å². The van der Waals surface area contributed by atoms with Gasteiger partial charge in [-0.3, -0.25) is 9.59 Å². The first-order chi connectivity index (χ1) is 6.05. The summed E-state index contributed by atoms with van der Waals surface area (Å²) in [6.45, 7) is 6.76. The van der Waals surface area contributed by atoms with E-state index in [0.29, 0.717) is 13.0 Å². The van der Waals surface area contributed by atoms with Crippen LogP contribution in [0.4, 0.5) is 0 Å². The molecule has 0 spiro atoms. The van der Waals surface area contributed by atoms with Gasteiger partial charge in [0, 0.05) is 18.5 Å². The van der Waals surface area contributed by atoms with Crippen LogP contribution in [0.15, 0.2) is 0 Å². The number of rotatable bonds is 3. The lowest BCUT2D eigenvalue weighted by Gasteiger charge is -2.36. The molecule has 1 rings (SSSR count). The van der Waals surface area contributed by atoms with Crippen molar-refractivity contribution in [2.75, 3.05) is 6.54 Å². The van der Waals surface area contributed by atoms with Crippen molar-refractivity contribution in [3.05, 3.63) is 0 Å². The molecule has 13 heavy (non-hydrogen) atoms. The topological polar surface area (TPSA) is 37.4 Å². The molecule has 0 N–H and O–H groups in total. The molecule has 1 fully saturated rings. The highest BCUT2D eigenvalue weighted by atomic mass is 16.2. The van der Waals surface area contributed by atoms with Crippen molar-refractivity contribution in [1.29, 1.82) is 0 Å². The van der Waals surface area contributed by atoms with Crippen molar-refractivity contribution in [2.45, 2.75) is 45.6 Å². The van der Waals surface area contributed by atoms with Gasteiger partial charge >= 0.3 is 0 Å². The molecule has 3 heteroatoms. The monoisotopic (exact) mass is 183 g/mol. The number of likely N-dealkylation sites (tertiary alicyclic amines) is 1. The van der Waals surface area contributed by atoms with Crippen LogP contribution < -0.4 is 0 Å². The molecular formula is C10H17NO2. The van der Waals surface area contributed by atoms with Gasteiger partial charge < -0.3 is 4.90 Å². The molecule has 0 aromatic rings. The Bertz CT molecular complexity index is 231. The maximum atomic E-state index is 11.4. The van der Waals surface area contributed by atoms with E-state index in [0.717, 1.165) is 12.8 Å². The SMILES string of the molecule is CCC(C)(CC)N1CCC(=O)C1=O. The summed E-state index contributed by atoms with van der Waals surface area (Å²) in [6, 6.07) is 0. The Morgan fingerprint density at radius 1 is 1.31 bits per heavy atom. The van der Waals surface area contributed by atoms with Crippen LogP contribution in [-0.2, 0) is 9.59 Å². The predicted octanol–water partition coefficient (Wildman–Crippen LogP) is 1.37. The molecule has 0 aromatic carbocycles. The number of hydrogen-bond donors (Lipinski definition) is 0. The minimum atomic E-state index is -0.286. The number of carbonyl (C=O) groups excluding carboxylic acids is 2. The Labute approximate surface area is 79.1 Å². The first kappa shape index (κ1) is 10.2. The van der Waals surface area contributed by atoms with Gasteiger partial charge in [0.15, 0.2) is 0 Å². The summed E-state index contributed by atoms with van der Waals surface area (Å²) in [5, 5.41) is 0. The summed E-state index contributed by atoms with van der Waals surface area (Å²) >= 11 is 0. The average Bonchev–Trinajstić information content (AvgIpc) is 2.47. The molecule has 0 bridgehead atoms. The van der Waals surface area contributed by atoms with Crippen molar-refractivity contribution >= 4 is 11.7 Å². The van der Waals surface area contributed by atoms with Crippen LogP contribution >= 0.6 is 0 Å². The summed E-state index contributed by atoms with van der Waals surface area (Å²) in [4.78, 5) is 24.2. The number of carbonyl (C=O) groups is 2. The van der Waals surface area contributed by atoms with E-state index >= 15 is 0 Å². The fourth-order valence-corrected chi connectivity index (χ4v) is 1.72. The molecule has 1 aliphatic heterocycles. The third-order valence-electron chi connectivity index (χ3n) is 3.22. The molecule has 0 saturated carbocycles. The number of ketones is 1. The van der Waals surface area contributed by atoms with Crippen LogP contribution in [0, 0.1) is 0 Å². The van der Waals surface area contributed by atoms with Gasteiger partial charge in [-0.15, -0.1) is 0 Å². The number of Topliss-reactive ketones (excluding diaryl/α,β-unsaturated/α-hetero) is 1. The zero-order valence-corrected chi connectivity index (χ0v) is 8.59. The zero-order chi connectivity index (χ0) is 10.1. The van der Waals surface area contributed by atoms with Crippen LogP contribution in [-0.4, -0.2) is 28.7 Å². The summed E-state index contributed by atoms with van der Waals surface area (Å²) in [5.41, 5.74) is -0.122. The van der Waals surface area contributed by atoms with Crippen LogP contribution in [0.25, 0.3) is 0 Å². The summed E-state index contributed by atoms with van der Waals surface area (Å²) in [5.74, 6) is -0.515. The molecule has 0 aliphatic carbocycles. The fourth-order valence-electron chi connectivity index (χ4n) is 1.72. The summed E-state index contributed by atoms with van der Waals surface area (Å²) in [7, 11) is 0. The molecule has 1 aliphatic rings. The highest BCUT2D eigenvalue weighted by Crippen LogP contribution is 2.26. The molecular weight excluding hydrogens is 166 g/mol. The molecule has 0 atom stereocenters. The Kier molecular flexibility index (Phi) is 2.74. The maximum absolute atomic E-state index is 11.4. The largest absolute Gasteiger partial charge is 0.330 e. The molecule has 1 amide bonds. The lowest BCUT2D eigenvalue weighted by Crippen LogP contribution is -2.47. The standard InChI is InChI=1S/C10H17NO2/c1-4-10(3,5-2)11-7-6-8(12)9(11)13/h4-7H2,1-3H3. The van der Waals surface area contributed by atoms with Crippen molar-refractivity contribution in [3.63, 3.8) is 0 Å². The zero-order valence-electron chi connectivity index (χ0n) is 8.59. The van der Waals surface area contributed by atoms with E-state index in [9.17, 15) is 9.59 Å². The highest BCUT2D eigenvalue weighted by Gasteiger charge is 2.39. The summed E-state index contributed by atoms with van der Waals surface area (Å²) in [6.07, 6.45) is 2.21. The van der Waals surface area contributed by atoms with E-state index in [4.69, 9.17) is 0 Å². The first-order valence-corrected chi connectivity index (χ1v) is 4.90. The second-order valence-electron chi connectivity index (χ2n) is 3.83. The second kappa shape index (κ2) is 3.48. The molecule has 74 valence electrons. The van der Waals surface area contributed by atoms with E-state index in [2.05, 4.69) is 13.8 Å². The van der Waals surface area contributed by atoms with Gasteiger partial charge in [-0.05, 0) is 19.8 Å². The maximum Gasteiger partial charge on any atom is 0.290 e. The average molecular weight is 183 g/mol. The van der Waals surface area contributed by atoms with E-state index in [-0.39, 0.29) is 17.2 Å². The predicted molar refractivity (Wildman–Crippen MR) is 50.3 cm³/mol. The molecule has 0 unspecified atom stereocenters. The number of amides is 1. The highest BCUT2D eigenvalue weighted by molar-refractivity contribution is 6.38. The first-order valence-electron chi connectivity index (χ1n) is 4.90. The molecule has 3 nitrogen and oxygen atoms in total. The third-order valence-corrected chi connectivity index (χ3v) is 3.22. The quantitative estimate of drug-likeness (QED) is 0.620. The van der Waals surface area contributed by atoms with Crippen molar-refractivity contribution in [1.82, 2.24) is 4.90 Å². The van der Waals surface area contributed by atoms with Crippen molar-refractivity contribution in [2.24, 2.45) is 0 Å². The van der Waals surface area contributed by atoms with Gasteiger partial charge in [0.1, 0.15) is 0 Å². The van der Waals surface area contributed by atoms with Gasteiger partial charge in [0.05, 0.1) is 0 Å². The van der Waals surface area contributed by atoms with E-state index < -0.39 is 0 Å². The number of hydrogen-bond acceptors (Lipinski definition) is 2. The second-order valence-corrected chi connectivity index (χ2v) is 3.83.